The van der Waals surface area contributed by atoms with Gasteiger partial charge in [0, 0.05) is 42.8 Å². The van der Waals surface area contributed by atoms with Crippen LogP contribution < -0.4 is 20.1 Å². The number of aromatic amines is 1. The lowest BCUT2D eigenvalue weighted by atomic mass is 9.99. The van der Waals surface area contributed by atoms with Crippen molar-refractivity contribution in [2.24, 2.45) is 5.92 Å². The van der Waals surface area contributed by atoms with Gasteiger partial charge in [0.25, 0.3) is 0 Å². The summed E-state index contributed by atoms with van der Waals surface area (Å²) >= 11 is -2.09. The lowest BCUT2D eigenvalue weighted by Crippen LogP contribution is -2.26. The number of benzene rings is 2. The van der Waals surface area contributed by atoms with E-state index < -0.39 is 11.3 Å². The van der Waals surface area contributed by atoms with Crippen molar-refractivity contribution in [1.82, 2.24) is 24.6 Å². The Morgan fingerprint density at radius 1 is 1.13 bits per heavy atom. The van der Waals surface area contributed by atoms with E-state index in [4.69, 9.17) is 9.72 Å². The van der Waals surface area contributed by atoms with Crippen LogP contribution in [0.4, 0.5) is 23.1 Å². The third kappa shape index (κ3) is 7.54. The molecule has 2 aromatic heterocycles. The first-order valence-corrected chi connectivity index (χ1v) is 14.0. The fourth-order valence-electron chi connectivity index (χ4n) is 4.28. The minimum atomic E-state index is -2.09. The Balaban J connectivity index is 0.000000386. The molecule has 0 bridgehead atoms. The number of ether oxygens (including phenoxy) is 1. The van der Waals surface area contributed by atoms with Gasteiger partial charge in [-0.15, -0.1) is 0 Å². The molecule has 1 unspecified atom stereocenters. The molecule has 4 aromatic rings. The van der Waals surface area contributed by atoms with Crippen LogP contribution in [0.2, 0.25) is 0 Å². The van der Waals surface area contributed by atoms with Crippen LogP contribution in [0.5, 0.6) is 5.75 Å². The van der Waals surface area contributed by atoms with Crippen molar-refractivity contribution in [2.45, 2.75) is 33.7 Å². The number of nitrogens with one attached hydrogen (secondary N) is 4. The number of para-hydroxylation sites is 1. The van der Waals surface area contributed by atoms with Gasteiger partial charge in [0.05, 0.1) is 18.2 Å². The van der Waals surface area contributed by atoms with Crippen LogP contribution in [-0.4, -0.2) is 55.9 Å². The van der Waals surface area contributed by atoms with Crippen molar-refractivity contribution in [2.75, 3.05) is 37.9 Å². The zero-order valence-corrected chi connectivity index (χ0v) is 23.8. The maximum Gasteiger partial charge on any atom is 0.231 e. The van der Waals surface area contributed by atoms with Crippen LogP contribution in [0.3, 0.4) is 0 Å². The highest BCUT2D eigenvalue weighted by Gasteiger charge is 2.18. The molecule has 0 fully saturated rings. The number of aromatic nitrogens is 3. The van der Waals surface area contributed by atoms with Gasteiger partial charge in [0.15, 0.2) is 0 Å². The summed E-state index contributed by atoms with van der Waals surface area (Å²) in [6.07, 6.45) is 2.90. The van der Waals surface area contributed by atoms with Crippen LogP contribution in [0.15, 0.2) is 48.7 Å². The van der Waals surface area contributed by atoms with E-state index in [0.29, 0.717) is 18.4 Å². The maximum absolute atomic E-state index is 9.79. The molecule has 10 nitrogen and oxygen atoms in total. The molecule has 39 heavy (non-hydrogen) atoms. The molecule has 1 atom stereocenters. The Labute approximate surface area is 232 Å². The monoisotopic (exact) mass is 550 g/mol. The molecular weight excluding hydrogens is 514 g/mol. The number of hydrogen-bond donors (Lipinski definition) is 4. The normalized spacial score (nSPS) is 13.9. The average molecular weight is 551 g/mol. The Morgan fingerprint density at radius 2 is 1.92 bits per heavy atom. The van der Waals surface area contributed by atoms with Crippen molar-refractivity contribution >= 4 is 45.4 Å². The quantitative estimate of drug-likeness (QED) is 0.231. The van der Waals surface area contributed by atoms with Gasteiger partial charge in [-0.2, -0.15) is 9.97 Å². The number of fused-ring (bicyclic) bond motifs is 2. The Morgan fingerprint density at radius 3 is 2.62 bits per heavy atom. The van der Waals surface area contributed by atoms with Gasteiger partial charge in [-0.1, -0.05) is 32.0 Å². The number of anilines is 4. The van der Waals surface area contributed by atoms with E-state index >= 15 is 0 Å². The molecule has 11 heteroatoms. The smallest absolute Gasteiger partial charge is 0.231 e. The van der Waals surface area contributed by atoms with Gasteiger partial charge in [-0.05, 0) is 67.3 Å². The van der Waals surface area contributed by atoms with E-state index in [1.54, 1.807) is 7.11 Å². The lowest BCUT2D eigenvalue weighted by Gasteiger charge is -2.26. The molecule has 0 saturated heterocycles. The van der Waals surface area contributed by atoms with Crippen LogP contribution in [0, 0.1) is 12.8 Å². The van der Waals surface area contributed by atoms with Crippen LogP contribution in [-0.2, 0) is 24.2 Å². The average Bonchev–Trinajstić information content (AvgIpc) is 3.38. The van der Waals surface area contributed by atoms with Gasteiger partial charge in [-0.25, -0.2) is 4.72 Å². The van der Waals surface area contributed by atoms with Gasteiger partial charge >= 0.3 is 0 Å². The predicted octanol–water partition coefficient (Wildman–Crippen LogP) is 4.78. The number of hydrogen-bond acceptors (Lipinski definition) is 8. The van der Waals surface area contributed by atoms with Gasteiger partial charge in [0.1, 0.15) is 17.2 Å². The zero-order valence-electron chi connectivity index (χ0n) is 23.0. The second-order valence-corrected chi connectivity index (χ2v) is 10.7. The summed E-state index contributed by atoms with van der Waals surface area (Å²) in [6.45, 7) is 8.47. The van der Waals surface area contributed by atoms with Gasteiger partial charge in [-0.3, -0.25) is 4.21 Å². The molecule has 0 radical (unpaired) electrons. The molecule has 1 aliphatic rings. The molecule has 4 N–H and O–H groups in total. The van der Waals surface area contributed by atoms with Crippen molar-refractivity contribution in [3.63, 3.8) is 0 Å². The Bertz CT molecular complexity index is 1440. The maximum atomic E-state index is 9.79. The van der Waals surface area contributed by atoms with E-state index in [2.05, 4.69) is 62.4 Å². The molecular formula is C28H36N7O3S-. The van der Waals surface area contributed by atoms with Gasteiger partial charge in [0.2, 0.25) is 5.95 Å². The van der Waals surface area contributed by atoms with E-state index in [1.165, 1.54) is 11.1 Å². The first-order chi connectivity index (χ1) is 18.7. The van der Waals surface area contributed by atoms with Crippen molar-refractivity contribution in [3.05, 3.63) is 65.4 Å². The second-order valence-electron chi connectivity index (χ2n) is 9.99. The van der Waals surface area contributed by atoms with Crippen molar-refractivity contribution in [3.8, 4) is 5.75 Å². The second kappa shape index (κ2) is 13.0. The zero-order chi connectivity index (χ0) is 27.9. The topological polar surface area (TPSA) is 130 Å². The first kappa shape index (κ1) is 28.5. The highest BCUT2D eigenvalue weighted by atomic mass is 32.2. The molecule has 1 aliphatic heterocycles. The standard InChI is InChI=1S/C24H26N6O.C4H11NO2S/c1-15-6-4-5-7-19(15)26-23-18-8-10-25-22(18)28-24(29-23)27-20-12-17-14-30(2)11-9-16(17)13-21(20)31-3;1-4(2)3-5-8(6)7/h4-8,10,12-13H,9,11,14H2,1-3H3,(H3,25,26,27,28,29);4-5H,3H2,1-2H3,(H,6,7)/p-1. The third-order valence-electron chi connectivity index (χ3n) is 6.39. The van der Waals surface area contributed by atoms with Crippen molar-refractivity contribution < 1.29 is 13.5 Å². The van der Waals surface area contributed by atoms with E-state index in [-0.39, 0.29) is 0 Å². The van der Waals surface area contributed by atoms with Crippen LogP contribution >= 0.6 is 0 Å². The lowest BCUT2D eigenvalue weighted by molar-refractivity contribution is 0.312. The summed E-state index contributed by atoms with van der Waals surface area (Å²) in [7, 11) is 3.84. The molecule has 0 spiro atoms. The summed E-state index contributed by atoms with van der Waals surface area (Å²) in [5.74, 6) is 2.44. The number of aryl methyl sites for hydroxylation is 1. The van der Waals surface area contributed by atoms with Crippen LogP contribution in [0.25, 0.3) is 11.0 Å². The number of likely N-dealkylation sites (N-methyl/N-ethyl adjacent to an activating group) is 1. The molecule has 5 rings (SSSR count). The van der Waals surface area contributed by atoms with E-state index in [0.717, 1.165) is 59.0 Å². The van der Waals surface area contributed by atoms with Crippen molar-refractivity contribution in [1.29, 1.82) is 0 Å². The molecule has 0 saturated carbocycles. The highest BCUT2D eigenvalue weighted by Crippen LogP contribution is 2.34. The molecule has 208 valence electrons. The Kier molecular flexibility index (Phi) is 9.52. The van der Waals surface area contributed by atoms with E-state index in [1.807, 2.05) is 44.3 Å². The fraction of sp³-hybridized carbons (Fsp3) is 0.357. The minimum Gasteiger partial charge on any atom is -0.760 e. The summed E-state index contributed by atoms with van der Waals surface area (Å²) in [5.41, 5.74) is 6.44. The number of methoxy groups -OCH3 is 1. The van der Waals surface area contributed by atoms with Gasteiger partial charge < -0.3 is 29.8 Å². The third-order valence-corrected chi connectivity index (χ3v) is 6.80. The Hall–Kier alpha value is -3.51. The molecule has 2 aromatic carbocycles. The summed E-state index contributed by atoms with van der Waals surface area (Å²) in [4.78, 5) is 15.0. The summed E-state index contributed by atoms with van der Waals surface area (Å²) in [6, 6.07) is 14.4. The SMILES string of the molecule is CC(C)CNS(=O)[O-].COc1cc2c(cc1Nc1nc(Nc3ccccc3C)c3cc[nH]c3n1)CN(C)CC2. The summed E-state index contributed by atoms with van der Waals surface area (Å²) in [5, 5.41) is 7.79. The van der Waals surface area contributed by atoms with Crippen LogP contribution in [0.1, 0.15) is 30.5 Å². The van der Waals surface area contributed by atoms with E-state index in [9.17, 15) is 8.76 Å². The number of H-pyrrole nitrogens is 1. The summed E-state index contributed by atoms with van der Waals surface area (Å²) < 4.78 is 27.5. The fourth-order valence-corrected chi connectivity index (χ4v) is 4.75. The molecule has 0 amide bonds. The largest absolute Gasteiger partial charge is 0.760 e. The predicted molar refractivity (Wildman–Crippen MR) is 156 cm³/mol. The molecule has 0 aliphatic carbocycles. The molecule has 3 heterocycles. The minimum absolute atomic E-state index is 0.382. The first-order valence-electron chi connectivity index (χ1n) is 12.9. The highest BCUT2D eigenvalue weighted by molar-refractivity contribution is 7.77. The number of nitrogens with zero attached hydrogens (tertiary/aromatic N) is 3. The number of rotatable bonds is 8.